The summed E-state index contributed by atoms with van der Waals surface area (Å²) < 4.78 is 0. The van der Waals surface area contributed by atoms with Crippen LogP contribution < -0.4 is 0 Å². The molecule has 26 heavy (non-hydrogen) atoms. The Bertz CT molecular complexity index is 736. The number of carboxylic acid groups (broad SMARTS) is 2. The first-order chi connectivity index (χ1) is 12.5. The summed E-state index contributed by atoms with van der Waals surface area (Å²) in [6.07, 6.45) is 2.93. The minimum atomic E-state index is -1.94. The fourth-order valence-electron chi connectivity index (χ4n) is 3.10. The lowest BCUT2D eigenvalue weighted by molar-refractivity contribution is -0.158. The molecule has 0 heterocycles. The molecule has 0 aliphatic carbocycles. The molecule has 2 rings (SSSR count). The molecule has 0 saturated carbocycles. The highest BCUT2D eigenvalue weighted by Crippen LogP contribution is 2.32. The van der Waals surface area contributed by atoms with Crippen LogP contribution in [0.15, 0.2) is 72.8 Å². The second-order valence-corrected chi connectivity index (χ2v) is 6.47. The zero-order chi connectivity index (χ0) is 19.0. The van der Waals surface area contributed by atoms with Gasteiger partial charge in [0.2, 0.25) is 0 Å². The van der Waals surface area contributed by atoms with Gasteiger partial charge in [-0.15, -0.1) is 0 Å². The number of benzene rings is 2. The van der Waals surface area contributed by atoms with Crippen LogP contribution in [0.25, 0.3) is 0 Å². The van der Waals surface area contributed by atoms with E-state index in [4.69, 9.17) is 0 Å². The van der Waals surface area contributed by atoms with E-state index >= 15 is 0 Å². The summed E-state index contributed by atoms with van der Waals surface area (Å²) in [5.41, 5.74) is 0.472. The summed E-state index contributed by atoms with van der Waals surface area (Å²) in [7, 11) is 0. The molecule has 0 aliphatic heterocycles. The molecule has 0 aliphatic rings. The van der Waals surface area contributed by atoms with Gasteiger partial charge in [-0.3, -0.25) is 9.59 Å². The van der Waals surface area contributed by atoms with Gasteiger partial charge in [-0.05, 0) is 43.2 Å². The van der Waals surface area contributed by atoms with Crippen molar-refractivity contribution in [1.29, 1.82) is 0 Å². The van der Waals surface area contributed by atoms with Gasteiger partial charge in [0.15, 0.2) is 5.41 Å². The highest BCUT2D eigenvalue weighted by molar-refractivity contribution is 6.04. The number of carbonyl (C=O) groups is 2. The molecule has 136 valence electrons. The molecule has 2 aromatic carbocycles. The molecule has 0 aromatic heterocycles. The van der Waals surface area contributed by atoms with Crippen molar-refractivity contribution in [3.05, 3.63) is 83.9 Å². The van der Waals surface area contributed by atoms with Gasteiger partial charge in [-0.1, -0.05) is 72.8 Å². The van der Waals surface area contributed by atoms with Crippen LogP contribution in [-0.2, 0) is 21.4 Å². The van der Waals surface area contributed by atoms with E-state index in [1.807, 2.05) is 18.2 Å². The van der Waals surface area contributed by atoms with Gasteiger partial charge in [0, 0.05) is 0 Å². The summed E-state index contributed by atoms with van der Waals surface area (Å²) in [4.78, 5) is 23.7. The Morgan fingerprint density at radius 1 is 0.846 bits per heavy atom. The van der Waals surface area contributed by atoms with Crippen LogP contribution in [0.2, 0.25) is 0 Å². The monoisotopic (exact) mass is 352 g/mol. The van der Waals surface area contributed by atoms with Crippen molar-refractivity contribution in [2.24, 2.45) is 0 Å². The molecule has 4 nitrogen and oxygen atoms in total. The molecule has 0 unspecified atom stereocenters. The highest BCUT2D eigenvalue weighted by atomic mass is 16.4. The second kappa shape index (κ2) is 8.99. The van der Waals surface area contributed by atoms with Gasteiger partial charge in [0.1, 0.15) is 0 Å². The van der Waals surface area contributed by atoms with Crippen molar-refractivity contribution >= 4 is 11.9 Å². The minimum absolute atomic E-state index is 0.00809. The lowest BCUT2D eigenvalue weighted by Crippen LogP contribution is -2.43. The number of carboxylic acids is 2. The van der Waals surface area contributed by atoms with Crippen LogP contribution in [0.1, 0.15) is 36.8 Å². The second-order valence-electron chi connectivity index (χ2n) is 6.47. The van der Waals surface area contributed by atoms with Gasteiger partial charge in [-0.25, -0.2) is 0 Å². The predicted octanol–water partition coefficient (Wildman–Crippen LogP) is 4.45. The number of allylic oxidation sites excluding steroid dienone is 1. The van der Waals surface area contributed by atoms with Crippen LogP contribution in [0.4, 0.5) is 0 Å². The van der Waals surface area contributed by atoms with Crippen LogP contribution >= 0.6 is 0 Å². The zero-order valence-corrected chi connectivity index (χ0v) is 14.7. The third-order valence-electron chi connectivity index (χ3n) is 4.69. The Labute approximate surface area is 153 Å². The molecule has 0 amide bonds. The number of hydrogen-bond acceptors (Lipinski definition) is 2. The normalized spacial score (nSPS) is 11.1. The maximum Gasteiger partial charge on any atom is 0.325 e. The van der Waals surface area contributed by atoms with E-state index < -0.39 is 17.4 Å². The zero-order valence-electron chi connectivity index (χ0n) is 14.7. The SMILES string of the molecule is C=C(CCCc1ccccc1)CCC(C(=O)O)(C(=O)O)c1ccccc1. The van der Waals surface area contributed by atoms with Crippen molar-refractivity contribution in [1.82, 2.24) is 0 Å². The van der Waals surface area contributed by atoms with Gasteiger partial charge < -0.3 is 10.2 Å². The fraction of sp³-hybridized carbons (Fsp3) is 0.273. The first kappa shape index (κ1) is 19.4. The predicted molar refractivity (Wildman–Crippen MR) is 101 cm³/mol. The number of aliphatic carboxylic acids is 2. The maximum absolute atomic E-state index is 11.9. The van der Waals surface area contributed by atoms with Crippen LogP contribution in [-0.4, -0.2) is 22.2 Å². The standard InChI is InChI=1S/C22H24O4/c1-17(9-8-12-18-10-4-2-5-11-18)15-16-22(20(23)24,21(25)26)19-13-6-3-7-14-19/h2-7,10-11,13-14H,1,8-9,12,15-16H2,(H,23,24)(H,25,26). The molecule has 0 spiro atoms. The quantitative estimate of drug-likeness (QED) is 0.489. The number of hydrogen-bond donors (Lipinski definition) is 2. The summed E-state index contributed by atoms with van der Waals surface area (Å²) in [6.45, 7) is 4.02. The molecular formula is C22H24O4. The molecule has 4 heteroatoms. The minimum Gasteiger partial charge on any atom is -0.480 e. The molecule has 2 N–H and O–H groups in total. The number of aryl methyl sites for hydroxylation is 1. The molecule has 0 radical (unpaired) electrons. The highest BCUT2D eigenvalue weighted by Gasteiger charge is 2.47. The largest absolute Gasteiger partial charge is 0.480 e. The average molecular weight is 352 g/mol. The van der Waals surface area contributed by atoms with E-state index in [2.05, 4.69) is 18.7 Å². The third kappa shape index (κ3) is 4.60. The maximum atomic E-state index is 11.9. The fourth-order valence-corrected chi connectivity index (χ4v) is 3.10. The molecule has 0 saturated heterocycles. The summed E-state index contributed by atoms with van der Waals surface area (Å²) in [5, 5.41) is 19.3. The Kier molecular flexibility index (Phi) is 6.73. The van der Waals surface area contributed by atoms with E-state index in [1.54, 1.807) is 30.3 Å². The van der Waals surface area contributed by atoms with Crippen LogP contribution in [0, 0.1) is 0 Å². The van der Waals surface area contributed by atoms with Crippen LogP contribution in [0.5, 0.6) is 0 Å². The van der Waals surface area contributed by atoms with Crippen molar-refractivity contribution in [2.75, 3.05) is 0 Å². The molecular weight excluding hydrogens is 328 g/mol. The van der Waals surface area contributed by atoms with Gasteiger partial charge in [0.05, 0.1) is 0 Å². The lowest BCUT2D eigenvalue weighted by Gasteiger charge is -2.25. The van der Waals surface area contributed by atoms with Crippen molar-refractivity contribution in [3.8, 4) is 0 Å². The van der Waals surface area contributed by atoms with Gasteiger partial charge >= 0.3 is 11.9 Å². The Morgan fingerprint density at radius 3 is 1.92 bits per heavy atom. The summed E-state index contributed by atoms with van der Waals surface area (Å²) >= 11 is 0. The molecule has 0 fully saturated rings. The topological polar surface area (TPSA) is 74.6 Å². The van der Waals surface area contributed by atoms with E-state index in [-0.39, 0.29) is 12.0 Å². The van der Waals surface area contributed by atoms with Crippen molar-refractivity contribution in [2.45, 2.75) is 37.5 Å². The van der Waals surface area contributed by atoms with E-state index in [0.717, 1.165) is 24.8 Å². The first-order valence-electron chi connectivity index (χ1n) is 8.69. The number of rotatable bonds is 10. The smallest absolute Gasteiger partial charge is 0.325 e. The first-order valence-corrected chi connectivity index (χ1v) is 8.69. The third-order valence-corrected chi connectivity index (χ3v) is 4.69. The van der Waals surface area contributed by atoms with E-state index in [9.17, 15) is 19.8 Å². The van der Waals surface area contributed by atoms with E-state index in [1.165, 1.54) is 5.56 Å². The molecule has 0 atom stereocenters. The van der Waals surface area contributed by atoms with Gasteiger partial charge in [-0.2, -0.15) is 0 Å². The molecule has 0 bridgehead atoms. The van der Waals surface area contributed by atoms with Crippen molar-refractivity contribution in [3.63, 3.8) is 0 Å². The Balaban J connectivity index is 1.99. The summed E-state index contributed by atoms with van der Waals surface area (Å²) in [5.74, 6) is -2.68. The van der Waals surface area contributed by atoms with Crippen molar-refractivity contribution < 1.29 is 19.8 Å². The van der Waals surface area contributed by atoms with E-state index in [0.29, 0.717) is 6.42 Å². The Morgan fingerprint density at radius 2 is 1.38 bits per heavy atom. The molecule has 2 aromatic rings. The van der Waals surface area contributed by atoms with Gasteiger partial charge in [0.25, 0.3) is 0 Å². The van der Waals surface area contributed by atoms with Crippen LogP contribution in [0.3, 0.4) is 0 Å². The lowest BCUT2D eigenvalue weighted by atomic mass is 9.75. The average Bonchev–Trinajstić information content (AvgIpc) is 2.63. The summed E-state index contributed by atoms with van der Waals surface area (Å²) in [6, 6.07) is 18.3. The Hall–Kier alpha value is -2.88.